The van der Waals surface area contributed by atoms with Gasteiger partial charge in [0.2, 0.25) is 0 Å². The van der Waals surface area contributed by atoms with Gasteiger partial charge in [0.15, 0.2) is 9.84 Å². The van der Waals surface area contributed by atoms with Crippen molar-refractivity contribution in [2.45, 2.75) is 38.0 Å². The van der Waals surface area contributed by atoms with Crippen molar-refractivity contribution in [2.24, 2.45) is 0 Å². The maximum Gasteiger partial charge on any atom is 0.178 e. The molecule has 112 valence electrons. The first-order valence-electron chi connectivity index (χ1n) is 7.33. The van der Waals surface area contributed by atoms with Crippen molar-refractivity contribution in [3.05, 3.63) is 65.2 Å². The normalized spacial score (nSPS) is 11.8. The molecule has 2 nitrogen and oxygen atoms in total. The summed E-state index contributed by atoms with van der Waals surface area (Å²) in [5.74, 6) is 0.642. The molecule has 0 saturated carbocycles. The molecule has 0 bridgehead atoms. The zero-order chi connectivity index (χ0) is 15.5. The minimum Gasteiger partial charge on any atom is -0.224 e. The summed E-state index contributed by atoms with van der Waals surface area (Å²) in [5.41, 5.74) is 3.31. The molecular weight excluding hydrogens is 280 g/mol. The maximum absolute atomic E-state index is 12.2. The average Bonchev–Trinajstić information content (AvgIpc) is 2.48. The number of benzene rings is 2. The van der Waals surface area contributed by atoms with Gasteiger partial charge in [0.1, 0.15) is 0 Å². The first kappa shape index (κ1) is 15.8. The second-order valence-corrected chi connectivity index (χ2v) is 7.83. The zero-order valence-corrected chi connectivity index (χ0v) is 13.7. The lowest BCUT2D eigenvalue weighted by atomic mass is 9.99. The molecular formula is C18H22O2S. The van der Waals surface area contributed by atoms with Gasteiger partial charge in [-0.05, 0) is 35.1 Å². The second kappa shape index (κ2) is 6.44. The van der Waals surface area contributed by atoms with Gasteiger partial charge in [-0.15, -0.1) is 0 Å². The average molecular weight is 302 g/mol. The first-order chi connectivity index (χ1) is 9.94. The van der Waals surface area contributed by atoms with Gasteiger partial charge in [-0.1, -0.05) is 63.2 Å². The van der Waals surface area contributed by atoms with Crippen molar-refractivity contribution in [1.82, 2.24) is 0 Å². The van der Waals surface area contributed by atoms with Gasteiger partial charge in [0.05, 0.1) is 10.6 Å². The van der Waals surface area contributed by atoms with E-state index in [1.54, 1.807) is 19.1 Å². The molecule has 0 aliphatic rings. The van der Waals surface area contributed by atoms with Crippen LogP contribution in [0.25, 0.3) is 0 Å². The standard InChI is InChI=1S/C18H22O2S/c1-4-21(19,20)18-8-6-5-7-17(18)13-15-9-11-16(12-10-15)14(2)3/h5-12,14H,4,13H2,1-3H3. The largest absolute Gasteiger partial charge is 0.224 e. The number of rotatable bonds is 5. The SMILES string of the molecule is CCS(=O)(=O)c1ccccc1Cc1ccc(C(C)C)cc1. The monoisotopic (exact) mass is 302 g/mol. The Balaban J connectivity index is 2.32. The van der Waals surface area contributed by atoms with E-state index in [-0.39, 0.29) is 5.75 Å². The van der Waals surface area contributed by atoms with E-state index < -0.39 is 9.84 Å². The summed E-state index contributed by atoms with van der Waals surface area (Å²) in [5, 5.41) is 0. The van der Waals surface area contributed by atoms with E-state index in [2.05, 4.69) is 38.1 Å². The van der Waals surface area contributed by atoms with Crippen LogP contribution in [0.15, 0.2) is 53.4 Å². The van der Waals surface area contributed by atoms with Crippen LogP contribution in [0.2, 0.25) is 0 Å². The Bertz CT molecular complexity index is 698. The Morgan fingerprint density at radius 2 is 1.57 bits per heavy atom. The number of hydrogen-bond donors (Lipinski definition) is 0. The highest BCUT2D eigenvalue weighted by molar-refractivity contribution is 7.91. The van der Waals surface area contributed by atoms with E-state index in [1.165, 1.54) is 5.56 Å². The van der Waals surface area contributed by atoms with Crippen molar-refractivity contribution in [3.63, 3.8) is 0 Å². The second-order valence-electron chi connectivity index (χ2n) is 5.58. The van der Waals surface area contributed by atoms with Crippen molar-refractivity contribution >= 4 is 9.84 Å². The molecule has 0 aliphatic heterocycles. The molecule has 0 aliphatic carbocycles. The summed E-state index contributed by atoms with van der Waals surface area (Å²) < 4.78 is 24.3. The first-order valence-corrected chi connectivity index (χ1v) is 8.98. The van der Waals surface area contributed by atoms with Crippen LogP contribution in [0, 0.1) is 0 Å². The molecule has 0 N–H and O–H groups in total. The highest BCUT2D eigenvalue weighted by Crippen LogP contribution is 2.21. The van der Waals surface area contributed by atoms with E-state index in [4.69, 9.17) is 0 Å². The number of hydrogen-bond acceptors (Lipinski definition) is 2. The molecule has 21 heavy (non-hydrogen) atoms. The fourth-order valence-electron chi connectivity index (χ4n) is 2.35. The Morgan fingerprint density at radius 3 is 2.14 bits per heavy atom. The summed E-state index contributed by atoms with van der Waals surface area (Å²) in [6.07, 6.45) is 0.647. The smallest absolute Gasteiger partial charge is 0.178 e. The molecule has 0 unspecified atom stereocenters. The van der Waals surface area contributed by atoms with Crippen LogP contribution in [0.1, 0.15) is 43.4 Å². The highest BCUT2D eigenvalue weighted by Gasteiger charge is 2.16. The molecule has 0 amide bonds. The topological polar surface area (TPSA) is 34.1 Å². The van der Waals surface area contributed by atoms with Gasteiger partial charge in [-0.25, -0.2) is 8.42 Å². The van der Waals surface area contributed by atoms with Gasteiger partial charge in [-0.3, -0.25) is 0 Å². The molecule has 0 atom stereocenters. The third kappa shape index (κ3) is 3.73. The van der Waals surface area contributed by atoms with Gasteiger partial charge in [0, 0.05) is 0 Å². The van der Waals surface area contributed by atoms with E-state index in [9.17, 15) is 8.42 Å². The van der Waals surface area contributed by atoms with Crippen molar-refractivity contribution in [3.8, 4) is 0 Å². The summed E-state index contributed by atoms with van der Waals surface area (Å²) in [6.45, 7) is 6.01. The quantitative estimate of drug-likeness (QED) is 0.829. The molecule has 0 saturated heterocycles. The fraction of sp³-hybridized carbons (Fsp3) is 0.333. The summed E-state index contributed by atoms with van der Waals surface area (Å²) in [6, 6.07) is 15.7. The van der Waals surface area contributed by atoms with Crippen LogP contribution in [-0.2, 0) is 16.3 Å². The minimum absolute atomic E-state index is 0.135. The molecule has 3 heteroatoms. The molecule has 0 heterocycles. The maximum atomic E-state index is 12.2. The molecule has 2 aromatic rings. The van der Waals surface area contributed by atoms with Crippen LogP contribution in [0.3, 0.4) is 0 Å². The fourth-order valence-corrected chi connectivity index (χ4v) is 3.49. The van der Waals surface area contributed by atoms with Gasteiger partial charge >= 0.3 is 0 Å². The predicted octanol–water partition coefficient (Wildman–Crippen LogP) is 4.19. The van der Waals surface area contributed by atoms with Gasteiger partial charge < -0.3 is 0 Å². The molecule has 0 fully saturated rings. The van der Waals surface area contributed by atoms with E-state index >= 15 is 0 Å². The lowest BCUT2D eigenvalue weighted by molar-refractivity contribution is 0.596. The van der Waals surface area contributed by atoms with Crippen molar-refractivity contribution in [1.29, 1.82) is 0 Å². The van der Waals surface area contributed by atoms with E-state index in [0.29, 0.717) is 17.2 Å². The van der Waals surface area contributed by atoms with Crippen LogP contribution < -0.4 is 0 Å². The van der Waals surface area contributed by atoms with Crippen molar-refractivity contribution in [2.75, 3.05) is 5.75 Å². The third-order valence-electron chi connectivity index (χ3n) is 3.73. The Hall–Kier alpha value is -1.61. The van der Waals surface area contributed by atoms with E-state index in [0.717, 1.165) is 11.1 Å². The Morgan fingerprint density at radius 1 is 0.952 bits per heavy atom. The Labute approximate surface area is 127 Å². The summed E-state index contributed by atoms with van der Waals surface area (Å²) in [7, 11) is -3.17. The number of sulfone groups is 1. The van der Waals surface area contributed by atoms with Crippen molar-refractivity contribution < 1.29 is 8.42 Å². The molecule has 0 radical (unpaired) electrons. The zero-order valence-electron chi connectivity index (χ0n) is 12.8. The lowest BCUT2D eigenvalue weighted by Crippen LogP contribution is -2.07. The molecule has 2 aromatic carbocycles. The molecule has 0 aromatic heterocycles. The molecule has 0 spiro atoms. The van der Waals surface area contributed by atoms with Gasteiger partial charge in [0.25, 0.3) is 0 Å². The Kier molecular flexibility index (Phi) is 4.84. The van der Waals surface area contributed by atoms with Crippen LogP contribution in [0.4, 0.5) is 0 Å². The minimum atomic E-state index is -3.17. The molecule has 2 rings (SSSR count). The van der Waals surface area contributed by atoms with Crippen LogP contribution in [-0.4, -0.2) is 14.2 Å². The van der Waals surface area contributed by atoms with Gasteiger partial charge in [-0.2, -0.15) is 0 Å². The van der Waals surface area contributed by atoms with E-state index in [1.807, 2.05) is 12.1 Å². The van der Waals surface area contributed by atoms with Crippen LogP contribution >= 0.6 is 0 Å². The third-order valence-corrected chi connectivity index (χ3v) is 5.56. The summed E-state index contributed by atoms with van der Waals surface area (Å²) >= 11 is 0. The highest BCUT2D eigenvalue weighted by atomic mass is 32.2. The predicted molar refractivity (Wildman–Crippen MR) is 87.5 cm³/mol. The van der Waals surface area contributed by atoms with Crippen LogP contribution in [0.5, 0.6) is 0 Å². The summed E-state index contributed by atoms with van der Waals surface area (Å²) in [4.78, 5) is 0.459. The lowest BCUT2D eigenvalue weighted by Gasteiger charge is -2.10.